The molecule has 21 heavy (non-hydrogen) atoms. The molecule has 0 radical (unpaired) electrons. The second kappa shape index (κ2) is 8.84. The molecule has 1 rings (SSSR count). The average molecular weight is 292 g/mol. The van der Waals surface area contributed by atoms with Gasteiger partial charge in [0.1, 0.15) is 12.4 Å². The van der Waals surface area contributed by atoms with Crippen molar-refractivity contribution in [2.24, 2.45) is 4.99 Å². The molecule has 6 nitrogen and oxygen atoms in total. The van der Waals surface area contributed by atoms with Crippen molar-refractivity contribution in [3.8, 4) is 5.75 Å². The fourth-order valence-electron chi connectivity index (χ4n) is 1.67. The van der Waals surface area contributed by atoms with E-state index >= 15 is 0 Å². The van der Waals surface area contributed by atoms with Gasteiger partial charge in [-0.25, -0.2) is 0 Å². The van der Waals surface area contributed by atoms with E-state index < -0.39 is 0 Å². The van der Waals surface area contributed by atoms with Gasteiger partial charge in [0.25, 0.3) is 0 Å². The van der Waals surface area contributed by atoms with E-state index in [9.17, 15) is 4.79 Å². The third kappa shape index (κ3) is 7.20. The molecule has 1 aromatic carbocycles. The number of nitrogens with zero attached hydrogens (tertiary/aromatic N) is 1. The largest absolute Gasteiger partial charge is 0.492 e. The summed E-state index contributed by atoms with van der Waals surface area (Å²) >= 11 is 0. The van der Waals surface area contributed by atoms with Crippen molar-refractivity contribution in [3.63, 3.8) is 0 Å². The zero-order valence-electron chi connectivity index (χ0n) is 13.1. The molecule has 0 aliphatic carbocycles. The van der Waals surface area contributed by atoms with E-state index in [1.54, 1.807) is 13.1 Å². The minimum absolute atomic E-state index is 0.0997. The third-order valence-electron chi connectivity index (χ3n) is 2.47. The van der Waals surface area contributed by atoms with E-state index in [4.69, 9.17) is 4.74 Å². The van der Waals surface area contributed by atoms with Gasteiger partial charge in [-0.1, -0.05) is 6.07 Å². The van der Waals surface area contributed by atoms with Gasteiger partial charge in [0.15, 0.2) is 5.96 Å². The monoisotopic (exact) mass is 292 g/mol. The van der Waals surface area contributed by atoms with E-state index in [0.717, 1.165) is 17.4 Å². The number of nitrogens with one attached hydrogen (secondary N) is 3. The Morgan fingerprint density at radius 2 is 2.14 bits per heavy atom. The molecule has 0 atom stereocenters. The number of guanidine groups is 1. The maximum absolute atomic E-state index is 11.0. The molecule has 0 saturated carbocycles. The molecule has 6 heteroatoms. The van der Waals surface area contributed by atoms with E-state index in [1.165, 1.54) is 6.92 Å². The van der Waals surface area contributed by atoms with Crippen LogP contribution in [0.2, 0.25) is 0 Å². The average Bonchev–Trinajstić information content (AvgIpc) is 2.41. The number of hydrogen-bond acceptors (Lipinski definition) is 3. The molecule has 0 aliphatic rings. The number of benzene rings is 1. The summed E-state index contributed by atoms with van der Waals surface area (Å²) in [6.45, 7) is 6.72. The number of rotatable bonds is 6. The fourth-order valence-corrected chi connectivity index (χ4v) is 1.67. The predicted molar refractivity (Wildman–Crippen MR) is 85.9 cm³/mol. The number of aliphatic imine (C=N–C) groups is 1. The molecule has 1 amide bonds. The summed E-state index contributed by atoms with van der Waals surface area (Å²) < 4.78 is 5.63. The van der Waals surface area contributed by atoms with Crippen LogP contribution in [-0.2, 0) is 4.79 Å². The van der Waals surface area contributed by atoms with Crippen LogP contribution < -0.4 is 20.7 Å². The number of carbonyl (C=O) groups is 1. The van der Waals surface area contributed by atoms with Crippen molar-refractivity contribution in [1.82, 2.24) is 10.6 Å². The Kier molecular flexibility index (Phi) is 7.08. The summed E-state index contributed by atoms with van der Waals surface area (Å²) in [5.74, 6) is 1.37. The molecule has 0 aliphatic heterocycles. The van der Waals surface area contributed by atoms with E-state index in [0.29, 0.717) is 19.2 Å². The Bertz CT molecular complexity index is 486. The highest BCUT2D eigenvalue weighted by atomic mass is 16.5. The molecule has 116 valence electrons. The van der Waals surface area contributed by atoms with Crippen LogP contribution in [0.3, 0.4) is 0 Å². The van der Waals surface area contributed by atoms with Crippen LogP contribution in [0.25, 0.3) is 0 Å². The number of hydrogen-bond donors (Lipinski definition) is 3. The summed E-state index contributed by atoms with van der Waals surface area (Å²) in [4.78, 5) is 15.1. The van der Waals surface area contributed by atoms with Gasteiger partial charge in [0.05, 0.1) is 6.54 Å². The highest BCUT2D eigenvalue weighted by molar-refractivity contribution is 5.88. The van der Waals surface area contributed by atoms with Crippen LogP contribution in [0.1, 0.15) is 20.8 Å². The molecule has 0 bridgehead atoms. The van der Waals surface area contributed by atoms with Crippen LogP contribution >= 0.6 is 0 Å². The number of carbonyl (C=O) groups excluding carboxylic acids is 1. The summed E-state index contributed by atoms with van der Waals surface area (Å²) in [5, 5.41) is 9.08. The first kappa shape index (κ1) is 16.8. The van der Waals surface area contributed by atoms with E-state index in [2.05, 4.69) is 34.8 Å². The topological polar surface area (TPSA) is 74.8 Å². The Morgan fingerprint density at radius 1 is 1.38 bits per heavy atom. The molecule has 0 spiro atoms. The molecule has 3 N–H and O–H groups in total. The van der Waals surface area contributed by atoms with Crippen molar-refractivity contribution in [2.45, 2.75) is 26.8 Å². The molecule has 0 saturated heterocycles. The van der Waals surface area contributed by atoms with Crippen LogP contribution in [-0.4, -0.2) is 38.1 Å². The maximum atomic E-state index is 11.0. The molecular formula is C15H24N4O2. The molecule has 0 aromatic heterocycles. The van der Waals surface area contributed by atoms with Gasteiger partial charge in [0, 0.05) is 31.8 Å². The molecular weight excluding hydrogens is 268 g/mol. The smallest absolute Gasteiger partial charge is 0.221 e. The standard InChI is InChI=1S/C15H24N4O2/c1-11(2)18-15(16-4)17-8-9-21-14-7-5-6-13(10-14)19-12(3)20/h5-7,10-11H,8-9H2,1-4H3,(H,19,20)(H2,16,17,18). The first-order valence-electron chi connectivity index (χ1n) is 6.99. The summed E-state index contributed by atoms with van der Waals surface area (Å²) in [6, 6.07) is 7.63. The van der Waals surface area contributed by atoms with Crippen LogP contribution in [0, 0.1) is 0 Å². The number of anilines is 1. The van der Waals surface area contributed by atoms with Crippen molar-refractivity contribution in [3.05, 3.63) is 24.3 Å². The van der Waals surface area contributed by atoms with E-state index in [-0.39, 0.29) is 5.91 Å². The second-order valence-electron chi connectivity index (χ2n) is 4.86. The Balaban J connectivity index is 2.37. The Hall–Kier alpha value is -2.24. The lowest BCUT2D eigenvalue weighted by Crippen LogP contribution is -2.42. The SMILES string of the molecule is CN=C(NCCOc1cccc(NC(C)=O)c1)NC(C)C. The zero-order chi connectivity index (χ0) is 15.7. The first-order valence-corrected chi connectivity index (χ1v) is 6.99. The molecule has 0 unspecified atom stereocenters. The van der Waals surface area contributed by atoms with Crippen molar-refractivity contribution >= 4 is 17.6 Å². The van der Waals surface area contributed by atoms with Gasteiger partial charge in [-0.15, -0.1) is 0 Å². The van der Waals surface area contributed by atoms with Gasteiger partial charge < -0.3 is 20.7 Å². The predicted octanol–water partition coefficient (Wildman–Crippen LogP) is 1.60. The van der Waals surface area contributed by atoms with Gasteiger partial charge in [-0.3, -0.25) is 9.79 Å². The van der Waals surface area contributed by atoms with Crippen LogP contribution in [0.4, 0.5) is 5.69 Å². The lowest BCUT2D eigenvalue weighted by Gasteiger charge is -2.14. The fraction of sp³-hybridized carbons (Fsp3) is 0.467. The van der Waals surface area contributed by atoms with E-state index in [1.807, 2.05) is 18.2 Å². The zero-order valence-corrected chi connectivity index (χ0v) is 13.1. The quantitative estimate of drug-likeness (QED) is 0.423. The van der Waals surface area contributed by atoms with Gasteiger partial charge in [0.2, 0.25) is 5.91 Å². The van der Waals surface area contributed by atoms with Gasteiger partial charge in [-0.05, 0) is 26.0 Å². The molecule has 0 heterocycles. The van der Waals surface area contributed by atoms with Crippen molar-refractivity contribution in [2.75, 3.05) is 25.5 Å². The highest BCUT2D eigenvalue weighted by Gasteiger charge is 2.01. The van der Waals surface area contributed by atoms with Gasteiger partial charge >= 0.3 is 0 Å². The summed E-state index contributed by atoms with van der Waals surface area (Å²) in [5.41, 5.74) is 0.727. The lowest BCUT2D eigenvalue weighted by molar-refractivity contribution is -0.114. The van der Waals surface area contributed by atoms with Crippen LogP contribution in [0.5, 0.6) is 5.75 Å². The summed E-state index contributed by atoms with van der Waals surface area (Å²) in [6.07, 6.45) is 0. The lowest BCUT2D eigenvalue weighted by atomic mass is 10.3. The number of ether oxygens (including phenoxy) is 1. The normalized spacial score (nSPS) is 11.2. The number of amides is 1. The molecule has 1 aromatic rings. The van der Waals surface area contributed by atoms with Gasteiger partial charge in [-0.2, -0.15) is 0 Å². The van der Waals surface area contributed by atoms with Crippen molar-refractivity contribution < 1.29 is 9.53 Å². The summed E-state index contributed by atoms with van der Waals surface area (Å²) in [7, 11) is 1.73. The highest BCUT2D eigenvalue weighted by Crippen LogP contribution is 2.16. The molecule has 0 fully saturated rings. The Labute approximate surface area is 126 Å². The third-order valence-corrected chi connectivity index (χ3v) is 2.47. The van der Waals surface area contributed by atoms with Crippen LogP contribution in [0.15, 0.2) is 29.3 Å². The maximum Gasteiger partial charge on any atom is 0.221 e. The Morgan fingerprint density at radius 3 is 2.76 bits per heavy atom. The second-order valence-corrected chi connectivity index (χ2v) is 4.86. The minimum Gasteiger partial charge on any atom is -0.492 e. The first-order chi connectivity index (χ1) is 10.0. The van der Waals surface area contributed by atoms with Crippen molar-refractivity contribution in [1.29, 1.82) is 0 Å². The minimum atomic E-state index is -0.0997.